The third-order valence-corrected chi connectivity index (χ3v) is 4.98. The molecule has 0 spiro atoms. The van der Waals surface area contributed by atoms with E-state index >= 15 is 0 Å². The van der Waals surface area contributed by atoms with Crippen LogP contribution in [0.2, 0.25) is 0 Å². The van der Waals surface area contributed by atoms with Crippen LogP contribution in [-0.2, 0) is 0 Å². The first-order valence-electron chi connectivity index (χ1n) is 8.21. The number of aromatic nitrogens is 2. The number of aliphatic hydroxyl groups excluding tert-OH is 1. The average Bonchev–Trinajstić information content (AvgIpc) is 3.04. The second kappa shape index (κ2) is 6.60. The lowest BCUT2D eigenvalue weighted by Gasteiger charge is -2.37. The molecule has 1 saturated heterocycles. The highest BCUT2D eigenvalue weighted by molar-refractivity contribution is 5.91. The number of nitrogens with zero attached hydrogens (tertiary/aromatic N) is 3. The molecule has 1 aliphatic carbocycles. The van der Waals surface area contributed by atoms with Crippen molar-refractivity contribution in [3.63, 3.8) is 0 Å². The Morgan fingerprint density at radius 3 is 2.73 bits per heavy atom. The molecule has 6 heteroatoms. The molecule has 1 aromatic heterocycles. The molecule has 6 nitrogen and oxygen atoms in total. The molecule has 3 rings (SSSR count). The maximum absolute atomic E-state index is 11.5. The van der Waals surface area contributed by atoms with Gasteiger partial charge in [0.2, 0.25) is 0 Å². The first-order valence-corrected chi connectivity index (χ1v) is 8.21. The number of hydrogen-bond acceptors (Lipinski definition) is 5. The predicted octanol–water partition coefficient (Wildman–Crippen LogP) is 1.36. The maximum Gasteiger partial charge on any atom is 0.271 e. The zero-order chi connectivity index (χ0) is 15.5. The molecular weight excluding hydrogens is 280 g/mol. The van der Waals surface area contributed by atoms with Crippen LogP contribution in [0.25, 0.3) is 0 Å². The molecule has 0 radical (unpaired) electrons. The minimum atomic E-state index is -0.222. The van der Waals surface area contributed by atoms with Gasteiger partial charge in [-0.15, -0.1) is 10.2 Å². The Kier molecular flexibility index (Phi) is 4.57. The maximum atomic E-state index is 11.5. The molecule has 1 amide bonds. The van der Waals surface area contributed by atoms with E-state index in [4.69, 9.17) is 0 Å². The molecule has 0 bridgehead atoms. The predicted molar refractivity (Wildman–Crippen MR) is 83.8 cm³/mol. The number of anilines is 1. The summed E-state index contributed by atoms with van der Waals surface area (Å²) in [5.74, 6) is 0.921. The average molecular weight is 304 g/mol. The summed E-state index contributed by atoms with van der Waals surface area (Å²) in [5, 5.41) is 21.1. The minimum absolute atomic E-state index is 0.197. The number of hydrogen-bond donors (Lipinski definition) is 2. The van der Waals surface area contributed by atoms with E-state index in [1.165, 1.54) is 6.42 Å². The number of aliphatic hydroxyl groups is 1. The van der Waals surface area contributed by atoms with Gasteiger partial charge in [0.1, 0.15) is 0 Å². The van der Waals surface area contributed by atoms with Gasteiger partial charge in [-0.3, -0.25) is 4.79 Å². The fourth-order valence-electron chi connectivity index (χ4n) is 3.84. The van der Waals surface area contributed by atoms with Gasteiger partial charge in [0.25, 0.3) is 5.91 Å². The van der Waals surface area contributed by atoms with Gasteiger partial charge < -0.3 is 15.3 Å². The fraction of sp³-hybridized carbons (Fsp3) is 0.688. The molecule has 3 atom stereocenters. The highest BCUT2D eigenvalue weighted by Gasteiger charge is 2.37. The summed E-state index contributed by atoms with van der Waals surface area (Å²) in [4.78, 5) is 13.8. The molecule has 1 aromatic rings. The Bertz CT molecular complexity index is 519. The van der Waals surface area contributed by atoms with Crippen molar-refractivity contribution in [3.8, 4) is 0 Å². The number of rotatable bonds is 3. The van der Waals surface area contributed by atoms with E-state index in [0.717, 1.165) is 44.5 Å². The zero-order valence-corrected chi connectivity index (χ0v) is 13.0. The Morgan fingerprint density at radius 2 is 2.05 bits per heavy atom. The molecular formula is C16H24N4O2. The number of nitrogens with one attached hydrogen (secondary N) is 1. The van der Waals surface area contributed by atoms with E-state index < -0.39 is 0 Å². The first-order chi connectivity index (χ1) is 10.7. The summed E-state index contributed by atoms with van der Waals surface area (Å²) in [6.07, 6.45) is 6.35. The van der Waals surface area contributed by atoms with E-state index in [1.807, 2.05) is 6.07 Å². The van der Waals surface area contributed by atoms with E-state index in [0.29, 0.717) is 17.7 Å². The van der Waals surface area contributed by atoms with Crippen molar-refractivity contribution in [2.75, 3.05) is 18.5 Å². The van der Waals surface area contributed by atoms with Crippen LogP contribution in [0.5, 0.6) is 0 Å². The SMILES string of the molecule is CNC(=O)c1ccc(N2CCCC2C2CCCCC2O)nn1. The molecule has 1 saturated carbocycles. The lowest BCUT2D eigenvalue weighted by molar-refractivity contribution is 0.0565. The molecule has 120 valence electrons. The van der Waals surface area contributed by atoms with E-state index in [2.05, 4.69) is 20.4 Å². The summed E-state index contributed by atoms with van der Waals surface area (Å²) in [7, 11) is 1.58. The second-order valence-electron chi connectivity index (χ2n) is 6.27. The Hall–Kier alpha value is -1.69. The van der Waals surface area contributed by atoms with Crippen molar-refractivity contribution in [2.24, 2.45) is 5.92 Å². The standard InChI is InChI=1S/C16H24N4O2/c1-17-16(22)12-8-9-15(19-18-12)20-10-4-6-13(20)11-5-2-3-7-14(11)21/h8-9,11,13-14,21H,2-7,10H2,1H3,(H,17,22). The van der Waals surface area contributed by atoms with E-state index in [9.17, 15) is 9.90 Å². The topological polar surface area (TPSA) is 78.4 Å². The van der Waals surface area contributed by atoms with Gasteiger partial charge in [-0.05, 0) is 37.8 Å². The molecule has 2 N–H and O–H groups in total. The minimum Gasteiger partial charge on any atom is -0.393 e. The molecule has 2 aliphatic rings. The van der Waals surface area contributed by atoms with E-state index in [1.54, 1.807) is 13.1 Å². The Morgan fingerprint density at radius 1 is 1.23 bits per heavy atom. The fourth-order valence-corrected chi connectivity index (χ4v) is 3.84. The van der Waals surface area contributed by atoms with Crippen molar-refractivity contribution in [1.82, 2.24) is 15.5 Å². The normalized spacial score (nSPS) is 28.6. The summed E-state index contributed by atoms with van der Waals surface area (Å²) in [6, 6.07) is 3.93. The van der Waals surface area contributed by atoms with Crippen LogP contribution >= 0.6 is 0 Å². The van der Waals surface area contributed by atoms with Crippen LogP contribution in [-0.4, -0.2) is 46.9 Å². The van der Waals surface area contributed by atoms with Crippen molar-refractivity contribution in [2.45, 2.75) is 50.7 Å². The summed E-state index contributed by atoms with van der Waals surface area (Å²) >= 11 is 0. The number of amides is 1. The van der Waals surface area contributed by atoms with Gasteiger partial charge in [0.15, 0.2) is 11.5 Å². The molecule has 3 unspecified atom stereocenters. The molecule has 22 heavy (non-hydrogen) atoms. The highest BCUT2D eigenvalue weighted by atomic mass is 16.3. The third-order valence-electron chi connectivity index (χ3n) is 4.98. The smallest absolute Gasteiger partial charge is 0.271 e. The monoisotopic (exact) mass is 304 g/mol. The highest BCUT2D eigenvalue weighted by Crippen LogP contribution is 2.36. The first kappa shape index (κ1) is 15.2. The molecule has 2 fully saturated rings. The van der Waals surface area contributed by atoms with Crippen LogP contribution in [0.4, 0.5) is 5.82 Å². The van der Waals surface area contributed by atoms with Gasteiger partial charge in [0, 0.05) is 25.6 Å². The van der Waals surface area contributed by atoms with Crippen molar-refractivity contribution >= 4 is 11.7 Å². The third kappa shape index (κ3) is 2.92. The van der Waals surface area contributed by atoms with Gasteiger partial charge >= 0.3 is 0 Å². The van der Waals surface area contributed by atoms with Crippen LogP contribution in [0.15, 0.2) is 12.1 Å². The van der Waals surface area contributed by atoms with Crippen molar-refractivity contribution < 1.29 is 9.90 Å². The van der Waals surface area contributed by atoms with Crippen LogP contribution in [0.1, 0.15) is 49.0 Å². The van der Waals surface area contributed by atoms with Crippen LogP contribution in [0.3, 0.4) is 0 Å². The van der Waals surface area contributed by atoms with Gasteiger partial charge in [-0.1, -0.05) is 12.8 Å². The Labute approximate surface area is 130 Å². The summed E-state index contributed by atoms with van der Waals surface area (Å²) < 4.78 is 0. The summed E-state index contributed by atoms with van der Waals surface area (Å²) in [6.45, 7) is 0.946. The Balaban J connectivity index is 1.76. The number of carbonyl (C=O) groups is 1. The number of carbonyl (C=O) groups excluding carboxylic acids is 1. The lowest BCUT2D eigenvalue weighted by atomic mass is 9.80. The largest absolute Gasteiger partial charge is 0.393 e. The van der Waals surface area contributed by atoms with Gasteiger partial charge in [-0.2, -0.15) is 0 Å². The summed E-state index contributed by atoms with van der Waals surface area (Å²) in [5.41, 5.74) is 0.333. The lowest BCUT2D eigenvalue weighted by Crippen LogP contribution is -2.43. The zero-order valence-electron chi connectivity index (χ0n) is 13.0. The van der Waals surface area contributed by atoms with Crippen molar-refractivity contribution in [3.05, 3.63) is 17.8 Å². The van der Waals surface area contributed by atoms with Gasteiger partial charge in [-0.25, -0.2) is 0 Å². The van der Waals surface area contributed by atoms with Crippen LogP contribution < -0.4 is 10.2 Å². The van der Waals surface area contributed by atoms with E-state index in [-0.39, 0.29) is 12.0 Å². The van der Waals surface area contributed by atoms with Crippen molar-refractivity contribution in [1.29, 1.82) is 0 Å². The quantitative estimate of drug-likeness (QED) is 0.881. The molecule has 0 aromatic carbocycles. The molecule has 2 heterocycles. The van der Waals surface area contributed by atoms with Crippen LogP contribution in [0, 0.1) is 5.92 Å². The van der Waals surface area contributed by atoms with Gasteiger partial charge in [0.05, 0.1) is 6.10 Å². The second-order valence-corrected chi connectivity index (χ2v) is 6.27. The molecule has 1 aliphatic heterocycles.